The number of hydrogen-bond acceptors (Lipinski definition) is 4. The predicted octanol–water partition coefficient (Wildman–Crippen LogP) is 3.02. The van der Waals surface area contributed by atoms with E-state index in [0.717, 1.165) is 16.8 Å². The van der Waals surface area contributed by atoms with Crippen LogP contribution in [0.25, 0.3) is 10.9 Å². The Labute approximate surface area is 164 Å². The highest BCUT2D eigenvalue weighted by atomic mass is 16.2. The third-order valence-corrected chi connectivity index (χ3v) is 4.94. The van der Waals surface area contributed by atoms with Gasteiger partial charge < -0.3 is 9.88 Å². The minimum Gasteiger partial charge on any atom is -0.314 e. The van der Waals surface area contributed by atoms with Crippen LogP contribution < -0.4 is 10.5 Å². The molecule has 0 saturated carbocycles. The molecule has 6 nitrogen and oxygen atoms in total. The lowest BCUT2D eigenvalue weighted by Gasteiger charge is -2.24. The van der Waals surface area contributed by atoms with Crippen molar-refractivity contribution in [1.29, 1.82) is 0 Å². The van der Waals surface area contributed by atoms with Gasteiger partial charge >= 0.3 is 0 Å². The summed E-state index contributed by atoms with van der Waals surface area (Å²) in [7, 11) is 1.79. The van der Waals surface area contributed by atoms with Crippen molar-refractivity contribution in [3.05, 3.63) is 69.8 Å². The van der Waals surface area contributed by atoms with E-state index in [9.17, 15) is 9.59 Å². The van der Waals surface area contributed by atoms with Crippen molar-refractivity contribution in [2.75, 3.05) is 25.0 Å². The molecular formula is C22H26N4O2. The maximum atomic E-state index is 12.8. The van der Waals surface area contributed by atoms with Gasteiger partial charge in [0.25, 0.3) is 5.56 Å². The van der Waals surface area contributed by atoms with E-state index in [-0.39, 0.29) is 18.0 Å². The van der Waals surface area contributed by atoms with Crippen LogP contribution in [0.1, 0.15) is 23.9 Å². The van der Waals surface area contributed by atoms with Crippen molar-refractivity contribution in [2.45, 2.75) is 27.3 Å². The standard InChI is InChI=1S/C22H26N4O2/c1-5-26(14-21(27)25(4)19-9-7-6-8-16(19)3)13-20-23-18-12-15(2)10-11-17(18)22(28)24-20/h6-12H,5,13-14H2,1-4H3,(H,23,24,28). The number of para-hydroxylation sites is 1. The Kier molecular flexibility index (Phi) is 5.90. The lowest BCUT2D eigenvalue weighted by atomic mass is 10.2. The lowest BCUT2D eigenvalue weighted by Crippen LogP contribution is -2.39. The Morgan fingerprint density at radius 1 is 1.14 bits per heavy atom. The molecule has 2 aromatic carbocycles. The van der Waals surface area contributed by atoms with Crippen LogP contribution in [0.3, 0.4) is 0 Å². The summed E-state index contributed by atoms with van der Waals surface area (Å²) in [6.45, 7) is 7.27. The van der Waals surface area contributed by atoms with E-state index in [2.05, 4.69) is 9.97 Å². The summed E-state index contributed by atoms with van der Waals surface area (Å²) in [5.41, 5.74) is 3.53. The van der Waals surface area contributed by atoms with Crippen LogP contribution in [0.5, 0.6) is 0 Å². The number of aromatic nitrogens is 2. The largest absolute Gasteiger partial charge is 0.314 e. The number of nitrogens with zero attached hydrogens (tertiary/aromatic N) is 3. The first kappa shape index (κ1) is 19.8. The number of hydrogen-bond donors (Lipinski definition) is 1. The smallest absolute Gasteiger partial charge is 0.258 e. The molecule has 28 heavy (non-hydrogen) atoms. The average Bonchev–Trinajstić information content (AvgIpc) is 2.66. The lowest BCUT2D eigenvalue weighted by molar-refractivity contribution is -0.119. The summed E-state index contributed by atoms with van der Waals surface area (Å²) in [5.74, 6) is 0.562. The monoisotopic (exact) mass is 378 g/mol. The van der Waals surface area contributed by atoms with Gasteiger partial charge in [-0.15, -0.1) is 0 Å². The molecule has 1 heterocycles. The number of rotatable bonds is 6. The number of anilines is 1. The minimum atomic E-state index is -0.153. The van der Waals surface area contributed by atoms with Gasteiger partial charge in [0.05, 0.1) is 24.0 Å². The minimum absolute atomic E-state index is 0.00451. The molecule has 3 rings (SSSR count). The fourth-order valence-electron chi connectivity index (χ4n) is 3.24. The van der Waals surface area contributed by atoms with Crippen LogP contribution in [-0.4, -0.2) is 40.9 Å². The summed E-state index contributed by atoms with van der Waals surface area (Å²) in [6, 6.07) is 13.4. The molecule has 1 amide bonds. The van der Waals surface area contributed by atoms with Crippen LogP contribution >= 0.6 is 0 Å². The Balaban J connectivity index is 1.77. The molecular weight excluding hydrogens is 352 g/mol. The highest BCUT2D eigenvalue weighted by Gasteiger charge is 2.17. The number of fused-ring (bicyclic) bond motifs is 1. The maximum Gasteiger partial charge on any atom is 0.258 e. The number of carbonyl (C=O) groups is 1. The van der Waals surface area contributed by atoms with E-state index in [0.29, 0.717) is 29.8 Å². The molecule has 0 saturated heterocycles. The normalized spacial score (nSPS) is 11.2. The van der Waals surface area contributed by atoms with E-state index < -0.39 is 0 Å². The van der Waals surface area contributed by atoms with Gasteiger partial charge in [0.1, 0.15) is 5.82 Å². The van der Waals surface area contributed by atoms with E-state index in [1.807, 2.05) is 62.1 Å². The molecule has 146 valence electrons. The van der Waals surface area contributed by atoms with E-state index >= 15 is 0 Å². The molecule has 0 fully saturated rings. The Morgan fingerprint density at radius 3 is 2.61 bits per heavy atom. The third-order valence-electron chi connectivity index (χ3n) is 4.94. The number of aryl methyl sites for hydroxylation is 2. The van der Waals surface area contributed by atoms with Crippen LogP contribution in [-0.2, 0) is 11.3 Å². The average molecular weight is 378 g/mol. The molecule has 0 aliphatic rings. The van der Waals surface area contributed by atoms with Gasteiger partial charge in [-0.2, -0.15) is 0 Å². The zero-order chi connectivity index (χ0) is 20.3. The third kappa shape index (κ3) is 4.28. The molecule has 1 aromatic heterocycles. The Bertz CT molecular complexity index is 1060. The molecule has 0 unspecified atom stereocenters. The second kappa shape index (κ2) is 8.35. The molecule has 6 heteroatoms. The van der Waals surface area contributed by atoms with Gasteiger partial charge in [0, 0.05) is 12.7 Å². The summed E-state index contributed by atoms with van der Waals surface area (Å²) in [4.78, 5) is 36.2. The first-order valence-electron chi connectivity index (χ1n) is 9.43. The quantitative estimate of drug-likeness (QED) is 0.716. The number of nitrogens with one attached hydrogen (secondary N) is 1. The van der Waals surface area contributed by atoms with Crippen molar-refractivity contribution in [1.82, 2.24) is 14.9 Å². The number of carbonyl (C=O) groups excluding carboxylic acids is 1. The zero-order valence-corrected chi connectivity index (χ0v) is 16.8. The first-order valence-corrected chi connectivity index (χ1v) is 9.43. The summed E-state index contributed by atoms with van der Waals surface area (Å²) in [6.07, 6.45) is 0. The number of aromatic amines is 1. The zero-order valence-electron chi connectivity index (χ0n) is 16.8. The van der Waals surface area contributed by atoms with Crippen molar-refractivity contribution in [3.8, 4) is 0 Å². The highest BCUT2D eigenvalue weighted by molar-refractivity contribution is 5.94. The molecule has 3 aromatic rings. The molecule has 0 aliphatic carbocycles. The molecule has 0 bridgehead atoms. The molecule has 0 aliphatic heterocycles. The van der Waals surface area contributed by atoms with Crippen LogP contribution in [0.4, 0.5) is 5.69 Å². The van der Waals surface area contributed by atoms with Crippen molar-refractivity contribution in [3.63, 3.8) is 0 Å². The summed E-state index contributed by atoms with van der Waals surface area (Å²) in [5, 5.41) is 0.577. The van der Waals surface area contributed by atoms with Crippen LogP contribution in [0, 0.1) is 13.8 Å². The number of likely N-dealkylation sites (N-methyl/N-ethyl adjacent to an activating group) is 2. The Hall–Kier alpha value is -2.99. The van der Waals surface area contributed by atoms with Gasteiger partial charge in [0.2, 0.25) is 5.91 Å². The second-order valence-corrected chi connectivity index (χ2v) is 7.08. The van der Waals surface area contributed by atoms with Crippen LogP contribution in [0.2, 0.25) is 0 Å². The topological polar surface area (TPSA) is 69.3 Å². The van der Waals surface area contributed by atoms with Crippen molar-refractivity contribution >= 4 is 22.5 Å². The van der Waals surface area contributed by atoms with Gasteiger partial charge in [-0.05, 0) is 49.7 Å². The van der Waals surface area contributed by atoms with E-state index in [1.165, 1.54) is 0 Å². The number of benzene rings is 2. The fourth-order valence-corrected chi connectivity index (χ4v) is 3.24. The maximum absolute atomic E-state index is 12.8. The molecule has 0 atom stereocenters. The molecule has 0 spiro atoms. The second-order valence-electron chi connectivity index (χ2n) is 7.08. The van der Waals surface area contributed by atoms with Gasteiger partial charge in [-0.25, -0.2) is 4.98 Å². The summed E-state index contributed by atoms with van der Waals surface area (Å²) >= 11 is 0. The van der Waals surface area contributed by atoms with Gasteiger partial charge in [-0.1, -0.05) is 31.2 Å². The van der Waals surface area contributed by atoms with Crippen molar-refractivity contribution in [2.24, 2.45) is 0 Å². The summed E-state index contributed by atoms with van der Waals surface area (Å²) < 4.78 is 0. The predicted molar refractivity (Wildman–Crippen MR) is 113 cm³/mol. The number of amides is 1. The fraction of sp³-hybridized carbons (Fsp3) is 0.318. The van der Waals surface area contributed by atoms with E-state index in [4.69, 9.17) is 0 Å². The van der Waals surface area contributed by atoms with Gasteiger partial charge in [-0.3, -0.25) is 14.5 Å². The van der Waals surface area contributed by atoms with Crippen LogP contribution in [0.15, 0.2) is 47.3 Å². The molecule has 1 N–H and O–H groups in total. The molecule has 0 radical (unpaired) electrons. The first-order chi connectivity index (χ1) is 13.4. The van der Waals surface area contributed by atoms with Crippen molar-refractivity contribution < 1.29 is 4.79 Å². The Morgan fingerprint density at radius 2 is 1.89 bits per heavy atom. The van der Waals surface area contributed by atoms with Gasteiger partial charge in [0.15, 0.2) is 0 Å². The number of H-pyrrole nitrogens is 1. The highest BCUT2D eigenvalue weighted by Crippen LogP contribution is 2.18. The van der Waals surface area contributed by atoms with E-state index in [1.54, 1.807) is 18.0 Å². The SMILES string of the molecule is CCN(CC(=O)N(C)c1ccccc1C)Cc1nc2cc(C)ccc2c(=O)[nH]1.